The maximum absolute atomic E-state index is 14.7. The van der Waals surface area contributed by atoms with E-state index in [1.54, 1.807) is 12.1 Å². The second-order valence-corrected chi connectivity index (χ2v) is 7.47. The summed E-state index contributed by atoms with van der Waals surface area (Å²) in [5.41, 5.74) is 3.82. The van der Waals surface area contributed by atoms with Crippen LogP contribution in [-0.4, -0.2) is 9.38 Å². The lowest BCUT2D eigenvalue weighted by Gasteiger charge is -2.11. The Bertz CT molecular complexity index is 1330. The van der Waals surface area contributed by atoms with E-state index in [9.17, 15) is 4.39 Å². The monoisotopic (exact) mass is 423 g/mol. The van der Waals surface area contributed by atoms with Crippen LogP contribution < -0.4 is 10.1 Å². The van der Waals surface area contributed by atoms with Gasteiger partial charge >= 0.3 is 0 Å². The lowest BCUT2D eigenvalue weighted by atomic mass is 10.1. The molecule has 0 amide bonds. The minimum Gasteiger partial charge on any atom is -0.485 e. The Morgan fingerprint density at radius 3 is 2.22 bits per heavy atom. The minimum absolute atomic E-state index is 0.314. The highest BCUT2D eigenvalue weighted by Crippen LogP contribution is 2.34. The summed E-state index contributed by atoms with van der Waals surface area (Å²) in [6, 6.07) is 30.5. The summed E-state index contributed by atoms with van der Waals surface area (Å²) < 4.78 is 22.7. The van der Waals surface area contributed by atoms with Gasteiger partial charge in [0.15, 0.2) is 11.4 Å². The number of hydrogen-bond acceptors (Lipinski definition) is 3. The fourth-order valence-corrected chi connectivity index (χ4v) is 3.68. The molecule has 5 rings (SSSR count). The zero-order valence-electron chi connectivity index (χ0n) is 17.4. The summed E-state index contributed by atoms with van der Waals surface area (Å²) in [6.45, 7) is 1.01. The first-order valence-electron chi connectivity index (χ1n) is 10.5. The van der Waals surface area contributed by atoms with Crippen LogP contribution in [-0.2, 0) is 13.2 Å². The van der Waals surface area contributed by atoms with Gasteiger partial charge < -0.3 is 10.1 Å². The van der Waals surface area contributed by atoms with Crippen molar-refractivity contribution in [3.05, 3.63) is 120 Å². The molecule has 0 fully saturated rings. The van der Waals surface area contributed by atoms with Crippen molar-refractivity contribution < 1.29 is 9.13 Å². The van der Waals surface area contributed by atoms with Gasteiger partial charge in [-0.15, -0.1) is 0 Å². The number of anilines is 1. The highest BCUT2D eigenvalue weighted by atomic mass is 19.1. The number of pyridine rings is 1. The Labute approximate surface area is 185 Å². The van der Waals surface area contributed by atoms with Gasteiger partial charge in [-0.25, -0.2) is 9.37 Å². The summed E-state index contributed by atoms with van der Waals surface area (Å²) in [4.78, 5) is 4.80. The molecule has 2 aromatic heterocycles. The van der Waals surface area contributed by atoms with Crippen LogP contribution in [0.4, 0.5) is 10.2 Å². The molecule has 3 aromatic carbocycles. The van der Waals surface area contributed by atoms with Crippen LogP contribution in [0.5, 0.6) is 5.75 Å². The summed E-state index contributed by atoms with van der Waals surface area (Å²) in [5.74, 6) is 1.05. The Balaban J connectivity index is 1.56. The number of nitrogens with zero attached hydrogens (tertiary/aromatic N) is 2. The second kappa shape index (κ2) is 8.94. The number of halogens is 1. The van der Waals surface area contributed by atoms with E-state index < -0.39 is 0 Å². The number of benzene rings is 3. The Kier molecular flexibility index (Phi) is 5.54. The molecule has 0 spiro atoms. The normalized spacial score (nSPS) is 10.9. The summed E-state index contributed by atoms with van der Waals surface area (Å²) in [5, 5.41) is 3.46. The smallest absolute Gasteiger partial charge is 0.181 e. The van der Waals surface area contributed by atoms with Crippen LogP contribution in [0.2, 0.25) is 0 Å². The quantitative estimate of drug-likeness (QED) is 0.332. The van der Waals surface area contributed by atoms with Crippen molar-refractivity contribution in [1.29, 1.82) is 0 Å². The summed E-state index contributed by atoms with van der Waals surface area (Å²) in [7, 11) is 0. The molecule has 0 aliphatic carbocycles. The van der Waals surface area contributed by atoms with Crippen LogP contribution in [0.25, 0.3) is 16.9 Å². The molecular weight excluding hydrogens is 401 g/mol. The molecule has 4 nitrogen and oxygen atoms in total. The summed E-state index contributed by atoms with van der Waals surface area (Å²) in [6.07, 6.45) is 1.91. The van der Waals surface area contributed by atoms with Crippen molar-refractivity contribution >= 4 is 11.5 Å². The number of aromatic nitrogens is 2. The number of rotatable bonds is 7. The van der Waals surface area contributed by atoms with E-state index >= 15 is 0 Å². The average Bonchev–Trinajstić information content (AvgIpc) is 3.22. The Hall–Kier alpha value is -4.12. The summed E-state index contributed by atoms with van der Waals surface area (Å²) >= 11 is 0. The van der Waals surface area contributed by atoms with Gasteiger partial charge in [-0.2, -0.15) is 0 Å². The van der Waals surface area contributed by atoms with Crippen molar-refractivity contribution in [3.63, 3.8) is 0 Å². The number of hydrogen-bond donors (Lipinski definition) is 1. The van der Waals surface area contributed by atoms with Gasteiger partial charge in [0, 0.05) is 18.3 Å². The number of nitrogens with one attached hydrogen (secondary N) is 1. The van der Waals surface area contributed by atoms with Crippen LogP contribution >= 0.6 is 0 Å². The number of fused-ring (bicyclic) bond motifs is 1. The maximum Gasteiger partial charge on any atom is 0.181 e. The van der Waals surface area contributed by atoms with E-state index in [-0.39, 0.29) is 5.82 Å². The van der Waals surface area contributed by atoms with E-state index in [4.69, 9.17) is 9.72 Å². The molecular formula is C27H22FN3O. The molecule has 5 heteroatoms. The zero-order chi connectivity index (χ0) is 21.8. The zero-order valence-corrected chi connectivity index (χ0v) is 17.4. The highest BCUT2D eigenvalue weighted by molar-refractivity contribution is 5.78. The van der Waals surface area contributed by atoms with Crippen molar-refractivity contribution in [2.75, 3.05) is 5.32 Å². The van der Waals surface area contributed by atoms with E-state index in [1.807, 2.05) is 89.5 Å². The van der Waals surface area contributed by atoms with Gasteiger partial charge in [0.25, 0.3) is 0 Å². The molecule has 5 aromatic rings. The third-order valence-electron chi connectivity index (χ3n) is 5.28. The van der Waals surface area contributed by atoms with Crippen LogP contribution in [0.1, 0.15) is 11.1 Å². The van der Waals surface area contributed by atoms with Crippen molar-refractivity contribution in [2.45, 2.75) is 13.2 Å². The molecule has 158 valence electrons. The van der Waals surface area contributed by atoms with Crippen molar-refractivity contribution in [2.24, 2.45) is 0 Å². The number of ether oxygens (including phenoxy) is 1. The first-order chi connectivity index (χ1) is 15.8. The maximum atomic E-state index is 14.7. The van der Waals surface area contributed by atoms with Gasteiger partial charge in [-0.3, -0.25) is 4.40 Å². The lowest BCUT2D eigenvalue weighted by molar-refractivity contribution is 0.308. The van der Waals surface area contributed by atoms with E-state index in [1.165, 1.54) is 6.07 Å². The first kappa shape index (κ1) is 19.8. The molecule has 0 radical (unpaired) electrons. The predicted molar refractivity (Wildman–Crippen MR) is 125 cm³/mol. The Morgan fingerprint density at radius 2 is 1.47 bits per heavy atom. The fraction of sp³-hybridized carbons (Fsp3) is 0.0741. The molecule has 0 atom stereocenters. The van der Waals surface area contributed by atoms with Gasteiger partial charge in [0.05, 0.1) is 0 Å². The topological polar surface area (TPSA) is 38.6 Å². The van der Waals surface area contributed by atoms with Gasteiger partial charge in [-0.1, -0.05) is 72.8 Å². The van der Waals surface area contributed by atoms with Crippen LogP contribution in [0.15, 0.2) is 103 Å². The third-order valence-corrected chi connectivity index (χ3v) is 5.28. The fourth-order valence-electron chi connectivity index (χ4n) is 3.68. The molecule has 0 saturated heterocycles. The first-order valence-corrected chi connectivity index (χ1v) is 10.5. The van der Waals surface area contributed by atoms with E-state index in [0.717, 1.165) is 16.9 Å². The van der Waals surface area contributed by atoms with E-state index in [0.29, 0.717) is 35.8 Å². The highest BCUT2D eigenvalue weighted by Gasteiger charge is 2.19. The molecule has 0 saturated carbocycles. The molecule has 2 heterocycles. The molecule has 0 aliphatic heterocycles. The molecule has 0 aliphatic rings. The van der Waals surface area contributed by atoms with Crippen molar-refractivity contribution in [1.82, 2.24) is 9.38 Å². The second-order valence-electron chi connectivity index (χ2n) is 7.47. The standard InChI is InChI=1S/C27H22FN3O/c28-23-15-8-7-14-22(23)25-27(29-18-20-10-3-1-4-11-20)31-17-9-16-24(26(31)30-25)32-19-21-12-5-2-6-13-21/h1-17,29H,18-19H2. The van der Waals surface area contributed by atoms with Gasteiger partial charge in [0.1, 0.15) is 23.9 Å². The van der Waals surface area contributed by atoms with Gasteiger partial charge in [-0.05, 0) is 35.4 Å². The molecule has 32 heavy (non-hydrogen) atoms. The van der Waals surface area contributed by atoms with Gasteiger partial charge in [0.2, 0.25) is 0 Å². The predicted octanol–water partition coefficient (Wildman–Crippen LogP) is 6.33. The number of imidazole rings is 1. The third kappa shape index (κ3) is 4.05. The SMILES string of the molecule is Fc1ccccc1-c1nc2c(OCc3ccccc3)cccn2c1NCc1ccccc1. The van der Waals surface area contributed by atoms with Crippen molar-refractivity contribution in [3.8, 4) is 17.0 Å². The lowest BCUT2D eigenvalue weighted by Crippen LogP contribution is -2.04. The average molecular weight is 423 g/mol. The van der Waals surface area contributed by atoms with Crippen LogP contribution in [0.3, 0.4) is 0 Å². The molecule has 0 unspecified atom stereocenters. The largest absolute Gasteiger partial charge is 0.485 e. The van der Waals surface area contributed by atoms with E-state index in [2.05, 4.69) is 5.32 Å². The molecule has 1 N–H and O–H groups in total. The van der Waals surface area contributed by atoms with Crippen LogP contribution in [0, 0.1) is 5.82 Å². The minimum atomic E-state index is -0.314. The Morgan fingerprint density at radius 1 is 0.781 bits per heavy atom. The molecule has 0 bridgehead atoms.